The van der Waals surface area contributed by atoms with Gasteiger partial charge in [0.05, 0.1) is 5.41 Å². The summed E-state index contributed by atoms with van der Waals surface area (Å²) in [5, 5.41) is 9.06. The van der Waals surface area contributed by atoms with Gasteiger partial charge in [-0.3, -0.25) is 4.79 Å². The Morgan fingerprint density at radius 1 is 1.44 bits per heavy atom. The van der Waals surface area contributed by atoms with E-state index in [2.05, 4.69) is 0 Å². The smallest absolute Gasteiger partial charge is 0.310 e. The summed E-state index contributed by atoms with van der Waals surface area (Å²) in [6.45, 7) is 6.17. The van der Waals surface area contributed by atoms with E-state index in [-0.39, 0.29) is 5.82 Å². The van der Waals surface area contributed by atoms with Gasteiger partial charge >= 0.3 is 5.97 Å². The average molecular weight is 253 g/mol. The van der Waals surface area contributed by atoms with Crippen LogP contribution >= 0.6 is 0 Å². The molecule has 0 saturated heterocycles. The van der Waals surface area contributed by atoms with Crippen molar-refractivity contribution in [2.45, 2.75) is 27.3 Å². The van der Waals surface area contributed by atoms with E-state index in [0.717, 1.165) is 5.56 Å². The zero-order chi connectivity index (χ0) is 13.9. The van der Waals surface area contributed by atoms with Crippen LogP contribution in [0.4, 0.5) is 4.39 Å². The predicted molar refractivity (Wildman–Crippen MR) is 68.9 cm³/mol. The molecule has 1 N–H and O–H groups in total. The number of halogens is 1. The normalized spacial score (nSPS) is 11.9. The molecule has 0 amide bonds. The van der Waals surface area contributed by atoms with Crippen molar-refractivity contribution in [3.05, 3.63) is 35.1 Å². The van der Waals surface area contributed by atoms with E-state index in [0.29, 0.717) is 18.7 Å². The zero-order valence-electron chi connectivity index (χ0n) is 11.3. The second kappa shape index (κ2) is 5.48. The summed E-state index contributed by atoms with van der Waals surface area (Å²) in [5.41, 5.74) is 0.806. The molecule has 0 aliphatic heterocycles. The van der Waals surface area contributed by atoms with Crippen LogP contribution in [0.15, 0.2) is 18.2 Å². The fourth-order valence-corrected chi connectivity index (χ4v) is 1.92. The summed E-state index contributed by atoms with van der Waals surface area (Å²) in [6.07, 6.45) is 0. The van der Waals surface area contributed by atoms with Crippen molar-refractivity contribution in [2.24, 2.45) is 5.41 Å². The molecule has 0 atom stereocenters. The third kappa shape index (κ3) is 3.81. The Morgan fingerprint density at radius 3 is 2.56 bits per heavy atom. The number of carboxylic acids is 1. The molecule has 1 aromatic carbocycles. The van der Waals surface area contributed by atoms with Crippen LogP contribution in [0.1, 0.15) is 25.0 Å². The fourth-order valence-electron chi connectivity index (χ4n) is 1.92. The highest BCUT2D eigenvalue weighted by Crippen LogP contribution is 2.18. The highest BCUT2D eigenvalue weighted by molar-refractivity contribution is 5.73. The standard InChI is InChI=1S/C14H20FNO2/c1-10-7-11(5-6-12(10)15)8-16(4)9-14(2,3)13(17)18/h5-7H,8-9H2,1-4H3,(H,17,18). The van der Waals surface area contributed by atoms with Gasteiger partial charge in [0, 0.05) is 13.1 Å². The molecule has 3 nitrogen and oxygen atoms in total. The average Bonchev–Trinajstić information content (AvgIpc) is 2.22. The largest absolute Gasteiger partial charge is 0.481 e. The maximum Gasteiger partial charge on any atom is 0.310 e. The first-order valence-electron chi connectivity index (χ1n) is 5.89. The second-order valence-corrected chi connectivity index (χ2v) is 5.44. The van der Waals surface area contributed by atoms with Crippen LogP contribution < -0.4 is 0 Å². The minimum Gasteiger partial charge on any atom is -0.481 e. The topological polar surface area (TPSA) is 40.5 Å². The third-order valence-electron chi connectivity index (χ3n) is 2.92. The Balaban J connectivity index is 2.67. The Hall–Kier alpha value is -1.42. The molecule has 0 unspecified atom stereocenters. The predicted octanol–water partition coefficient (Wildman–Crippen LogP) is 2.68. The maximum atomic E-state index is 13.1. The second-order valence-electron chi connectivity index (χ2n) is 5.44. The first-order chi connectivity index (χ1) is 8.22. The molecule has 0 heterocycles. The molecule has 0 aliphatic rings. The van der Waals surface area contributed by atoms with Crippen molar-refractivity contribution < 1.29 is 14.3 Å². The van der Waals surface area contributed by atoms with Crippen molar-refractivity contribution in [2.75, 3.05) is 13.6 Å². The lowest BCUT2D eigenvalue weighted by atomic mass is 9.93. The van der Waals surface area contributed by atoms with Crippen molar-refractivity contribution in [1.82, 2.24) is 4.90 Å². The van der Waals surface area contributed by atoms with Crippen LogP contribution in [-0.4, -0.2) is 29.6 Å². The molecule has 4 heteroatoms. The number of aryl methyl sites for hydroxylation is 1. The van der Waals surface area contributed by atoms with Crippen LogP contribution in [-0.2, 0) is 11.3 Å². The molecule has 0 aromatic heterocycles. The number of nitrogens with zero attached hydrogens (tertiary/aromatic N) is 1. The van der Waals surface area contributed by atoms with E-state index in [4.69, 9.17) is 5.11 Å². The number of hydrogen-bond acceptors (Lipinski definition) is 2. The van der Waals surface area contributed by atoms with Crippen molar-refractivity contribution in [3.63, 3.8) is 0 Å². The molecule has 1 rings (SSSR count). The van der Waals surface area contributed by atoms with Gasteiger partial charge < -0.3 is 10.0 Å². The highest BCUT2D eigenvalue weighted by Gasteiger charge is 2.28. The number of carboxylic acid groups (broad SMARTS) is 1. The molecule has 0 spiro atoms. The monoisotopic (exact) mass is 253 g/mol. The summed E-state index contributed by atoms with van der Waals surface area (Å²) in [4.78, 5) is 13.0. The van der Waals surface area contributed by atoms with Crippen LogP contribution in [0.3, 0.4) is 0 Å². The molecule has 1 aromatic rings. The number of rotatable bonds is 5. The van der Waals surface area contributed by atoms with Crippen molar-refractivity contribution in [3.8, 4) is 0 Å². The van der Waals surface area contributed by atoms with Gasteiger partial charge in [-0.2, -0.15) is 0 Å². The summed E-state index contributed by atoms with van der Waals surface area (Å²) < 4.78 is 13.1. The molecule has 0 fully saturated rings. The lowest BCUT2D eigenvalue weighted by Gasteiger charge is -2.26. The molecule has 0 radical (unpaired) electrons. The SMILES string of the molecule is Cc1cc(CN(C)CC(C)(C)C(=O)O)ccc1F. The summed E-state index contributed by atoms with van der Waals surface area (Å²) >= 11 is 0. The van der Waals surface area contributed by atoms with Gasteiger partial charge in [-0.1, -0.05) is 12.1 Å². The number of hydrogen-bond donors (Lipinski definition) is 1. The third-order valence-corrected chi connectivity index (χ3v) is 2.92. The number of benzene rings is 1. The van der Waals surface area contributed by atoms with Gasteiger partial charge in [-0.05, 0) is 45.0 Å². The van der Waals surface area contributed by atoms with Crippen LogP contribution in [0.25, 0.3) is 0 Å². The Bertz CT molecular complexity index is 443. The van der Waals surface area contributed by atoms with Gasteiger partial charge in [-0.15, -0.1) is 0 Å². The van der Waals surface area contributed by atoms with E-state index in [1.165, 1.54) is 6.07 Å². The van der Waals surface area contributed by atoms with Crippen LogP contribution in [0.2, 0.25) is 0 Å². The number of carbonyl (C=O) groups is 1. The Morgan fingerprint density at radius 2 is 2.06 bits per heavy atom. The summed E-state index contributed by atoms with van der Waals surface area (Å²) in [7, 11) is 1.86. The zero-order valence-corrected chi connectivity index (χ0v) is 11.3. The first kappa shape index (κ1) is 14.6. The summed E-state index contributed by atoms with van der Waals surface area (Å²) in [6, 6.07) is 4.97. The van der Waals surface area contributed by atoms with Gasteiger partial charge in [-0.25, -0.2) is 4.39 Å². The van der Waals surface area contributed by atoms with Crippen molar-refractivity contribution in [1.29, 1.82) is 0 Å². The van der Waals surface area contributed by atoms with Gasteiger partial charge in [0.2, 0.25) is 0 Å². The lowest BCUT2D eigenvalue weighted by Crippen LogP contribution is -2.36. The van der Waals surface area contributed by atoms with Crippen LogP contribution in [0.5, 0.6) is 0 Å². The molecule has 0 saturated carbocycles. The first-order valence-corrected chi connectivity index (χ1v) is 5.89. The fraction of sp³-hybridized carbons (Fsp3) is 0.500. The minimum atomic E-state index is -0.815. The van der Waals surface area contributed by atoms with Crippen molar-refractivity contribution >= 4 is 5.97 Å². The van der Waals surface area contributed by atoms with E-state index in [9.17, 15) is 9.18 Å². The van der Waals surface area contributed by atoms with Crippen LogP contribution in [0, 0.1) is 18.2 Å². The van der Waals surface area contributed by atoms with Gasteiger partial charge in [0.15, 0.2) is 0 Å². The quantitative estimate of drug-likeness (QED) is 0.877. The van der Waals surface area contributed by atoms with E-state index < -0.39 is 11.4 Å². The van der Waals surface area contributed by atoms with Gasteiger partial charge in [0.25, 0.3) is 0 Å². The molecule has 100 valence electrons. The molecular formula is C14H20FNO2. The lowest BCUT2D eigenvalue weighted by molar-refractivity contribution is -0.147. The summed E-state index contributed by atoms with van der Waals surface area (Å²) in [5.74, 6) is -1.03. The van der Waals surface area contributed by atoms with E-state index >= 15 is 0 Å². The van der Waals surface area contributed by atoms with E-state index in [1.807, 2.05) is 11.9 Å². The van der Waals surface area contributed by atoms with Gasteiger partial charge in [0.1, 0.15) is 5.82 Å². The van der Waals surface area contributed by atoms with E-state index in [1.54, 1.807) is 32.9 Å². The minimum absolute atomic E-state index is 0.215. The Labute approximate surface area is 107 Å². The molecule has 18 heavy (non-hydrogen) atoms. The highest BCUT2D eigenvalue weighted by atomic mass is 19.1. The number of aliphatic carboxylic acids is 1. The maximum absolute atomic E-state index is 13.1. The molecule has 0 bridgehead atoms. The molecular weight excluding hydrogens is 233 g/mol. The Kier molecular flexibility index (Phi) is 4.46. The molecule has 0 aliphatic carbocycles.